The Labute approximate surface area is 124 Å². The van der Waals surface area contributed by atoms with Crippen LogP contribution < -0.4 is 16.4 Å². The number of nitrogens with one attached hydrogen (secondary N) is 2. The Morgan fingerprint density at radius 1 is 1.29 bits per heavy atom. The molecule has 1 heterocycles. The maximum Gasteiger partial charge on any atom is 0.228 e. The zero-order chi connectivity index (χ0) is 14.8. The highest BCUT2D eigenvalue weighted by Crippen LogP contribution is 2.31. The Morgan fingerprint density at radius 2 is 2.14 bits per heavy atom. The van der Waals surface area contributed by atoms with Crippen LogP contribution in [0.1, 0.15) is 16.7 Å². The van der Waals surface area contributed by atoms with Gasteiger partial charge in [0.1, 0.15) is 0 Å². The first-order valence-corrected chi connectivity index (χ1v) is 7.13. The summed E-state index contributed by atoms with van der Waals surface area (Å²) in [5.41, 5.74) is 12.0. The van der Waals surface area contributed by atoms with E-state index in [-0.39, 0.29) is 5.91 Å². The molecule has 0 saturated heterocycles. The van der Waals surface area contributed by atoms with Crippen molar-refractivity contribution in [3.8, 4) is 0 Å². The molecule has 21 heavy (non-hydrogen) atoms. The minimum atomic E-state index is 0.0290. The molecular formula is C17H19N3O. The van der Waals surface area contributed by atoms with Crippen LogP contribution in [-0.2, 0) is 17.6 Å². The van der Waals surface area contributed by atoms with Crippen LogP contribution >= 0.6 is 0 Å². The predicted molar refractivity (Wildman–Crippen MR) is 86.6 cm³/mol. The molecule has 0 spiro atoms. The van der Waals surface area contributed by atoms with Gasteiger partial charge >= 0.3 is 0 Å². The van der Waals surface area contributed by atoms with Crippen LogP contribution in [-0.4, -0.2) is 12.5 Å². The van der Waals surface area contributed by atoms with E-state index >= 15 is 0 Å². The van der Waals surface area contributed by atoms with Crippen LogP contribution in [0.4, 0.5) is 17.1 Å². The monoisotopic (exact) mass is 281 g/mol. The molecule has 0 aliphatic carbocycles. The maximum absolute atomic E-state index is 11.4. The summed E-state index contributed by atoms with van der Waals surface area (Å²) in [6, 6.07) is 12.3. The average molecular weight is 281 g/mol. The molecule has 0 bridgehead atoms. The number of nitrogens with two attached hydrogens (primary N) is 1. The van der Waals surface area contributed by atoms with Gasteiger partial charge in [-0.05, 0) is 36.6 Å². The lowest BCUT2D eigenvalue weighted by molar-refractivity contribution is -0.115. The third-order valence-electron chi connectivity index (χ3n) is 3.71. The van der Waals surface area contributed by atoms with Gasteiger partial charge in [0, 0.05) is 12.2 Å². The Morgan fingerprint density at radius 3 is 2.95 bits per heavy atom. The number of anilines is 3. The van der Waals surface area contributed by atoms with Crippen molar-refractivity contribution in [2.24, 2.45) is 0 Å². The smallest absolute Gasteiger partial charge is 0.228 e. The minimum absolute atomic E-state index is 0.0290. The van der Waals surface area contributed by atoms with Gasteiger partial charge in [0.05, 0.1) is 17.8 Å². The first-order valence-electron chi connectivity index (χ1n) is 7.13. The molecule has 3 rings (SSSR count). The first kappa shape index (κ1) is 13.5. The summed E-state index contributed by atoms with van der Waals surface area (Å²) in [7, 11) is 0. The molecule has 0 fully saturated rings. The van der Waals surface area contributed by atoms with Gasteiger partial charge in [0.25, 0.3) is 0 Å². The standard InChI is InChI=1S/C17H19N3O/c1-11-3-2-4-12(7-11)5-6-19-16-10-15-13(8-14(16)18)9-17(21)20-15/h2-4,7-8,10,19H,5-6,9,18H2,1H3,(H,20,21). The van der Waals surface area contributed by atoms with Crippen molar-refractivity contribution in [2.45, 2.75) is 19.8 Å². The summed E-state index contributed by atoms with van der Waals surface area (Å²) in [5.74, 6) is 0.0290. The first-order chi connectivity index (χ1) is 10.1. The normalized spacial score (nSPS) is 12.9. The van der Waals surface area contributed by atoms with Gasteiger partial charge < -0.3 is 16.4 Å². The van der Waals surface area contributed by atoms with Crippen molar-refractivity contribution >= 4 is 23.0 Å². The second-order valence-corrected chi connectivity index (χ2v) is 5.49. The lowest BCUT2D eigenvalue weighted by atomic mass is 10.1. The molecule has 4 heteroatoms. The largest absolute Gasteiger partial charge is 0.397 e. The number of rotatable bonds is 4. The van der Waals surface area contributed by atoms with Gasteiger partial charge in [-0.25, -0.2) is 0 Å². The van der Waals surface area contributed by atoms with Gasteiger partial charge in [-0.2, -0.15) is 0 Å². The summed E-state index contributed by atoms with van der Waals surface area (Å²) in [5, 5.41) is 6.20. The molecule has 1 amide bonds. The summed E-state index contributed by atoms with van der Waals surface area (Å²) < 4.78 is 0. The molecule has 4 N–H and O–H groups in total. The van der Waals surface area contributed by atoms with E-state index in [1.54, 1.807) is 0 Å². The minimum Gasteiger partial charge on any atom is -0.397 e. The molecule has 2 aromatic carbocycles. The number of hydrogen-bond acceptors (Lipinski definition) is 3. The van der Waals surface area contributed by atoms with Gasteiger partial charge in [-0.15, -0.1) is 0 Å². The summed E-state index contributed by atoms with van der Waals surface area (Å²) in [6.45, 7) is 2.90. The molecule has 108 valence electrons. The van der Waals surface area contributed by atoms with Crippen LogP contribution in [0.5, 0.6) is 0 Å². The third-order valence-corrected chi connectivity index (χ3v) is 3.71. The topological polar surface area (TPSA) is 67.1 Å². The van der Waals surface area contributed by atoms with Gasteiger partial charge in [0.2, 0.25) is 5.91 Å². The quantitative estimate of drug-likeness (QED) is 0.755. The van der Waals surface area contributed by atoms with E-state index in [0.29, 0.717) is 12.1 Å². The fourth-order valence-electron chi connectivity index (χ4n) is 2.66. The van der Waals surface area contributed by atoms with Crippen LogP contribution in [0.3, 0.4) is 0 Å². The highest BCUT2D eigenvalue weighted by molar-refractivity contribution is 6.00. The van der Waals surface area contributed by atoms with Crippen LogP contribution in [0.25, 0.3) is 0 Å². The summed E-state index contributed by atoms with van der Waals surface area (Å²) in [4.78, 5) is 11.4. The lowest BCUT2D eigenvalue weighted by Crippen LogP contribution is -2.07. The van der Waals surface area contributed by atoms with Gasteiger partial charge in [-0.1, -0.05) is 29.8 Å². The number of hydrogen-bond donors (Lipinski definition) is 3. The number of carbonyl (C=O) groups is 1. The van der Waals surface area contributed by atoms with Crippen molar-refractivity contribution in [3.63, 3.8) is 0 Å². The summed E-state index contributed by atoms with van der Waals surface area (Å²) >= 11 is 0. The van der Waals surface area contributed by atoms with Gasteiger partial charge in [0.15, 0.2) is 0 Å². The number of aryl methyl sites for hydroxylation is 1. The van der Waals surface area contributed by atoms with E-state index < -0.39 is 0 Å². The van der Waals surface area contributed by atoms with E-state index in [4.69, 9.17) is 5.73 Å². The zero-order valence-corrected chi connectivity index (χ0v) is 12.1. The highest BCUT2D eigenvalue weighted by Gasteiger charge is 2.19. The van der Waals surface area contributed by atoms with E-state index in [1.807, 2.05) is 12.1 Å². The van der Waals surface area contributed by atoms with Gasteiger partial charge in [-0.3, -0.25) is 4.79 Å². The summed E-state index contributed by atoms with van der Waals surface area (Å²) in [6.07, 6.45) is 1.35. The second kappa shape index (κ2) is 5.48. The average Bonchev–Trinajstić information content (AvgIpc) is 2.78. The molecule has 0 unspecified atom stereocenters. The number of amides is 1. The number of fused-ring (bicyclic) bond motifs is 1. The molecule has 0 saturated carbocycles. The zero-order valence-electron chi connectivity index (χ0n) is 12.1. The fourth-order valence-corrected chi connectivity index (χ4v) is 2.66. The molecule has 0 aromatic heterocycles. The van der Waals surface area contributed by atoms with Crippen molar-refractivity contribution in [2.75, 3.05) is 22.9 Å². The Bertz CT molecular complexity index is 694. The SMILES string of the molecule is Cc1cccc(CCNc2cc3c(cc2N)CC(=O)N3)c1. The van der Waals surface area contributed by atoms with Crippen LogP contribution in [0, 0.1) is 6.92 Å². The predicted octanol–water partition coefficient (Wildman–Crippen LogP) is 2.73. The molecule has 0 atom stereocenters. The van der Waals surface area contributed by atoms with E-state index in [0.717, 1.165) is 29.9 Å². The Balaban J connectivity index is 1.66. The molecule has 1 aliphatic rings. The fraction of sp³-hybridized carbons (Fsp3) is 0.235. The Hall–Kier alpha value is -2.49. The molecule has 0 radical (unpaired) electrons. The van der Waals surface area contributed by atoms with Crippen LogP contribution in [0.15, 0.2) is 36.4 Å². The van der Waals surface area contributed by atoms with Crippen molar-refractivity contribution in [1.29, 1.82) is 0 Å². The molecule has 4 nitrogen and oxygen atoms in total. The Kier molecular flexibility index (Phi) is 3.52. The highest BCUT2D eigenvalue weighted by atomic mass is 16.1. The number of nitrogen functional groups attached to an aromatic ring is 1. The second-order valence-electron chi connectivity index (χ2n) is 5.49. The van der Waals surface area contributed by atoms with Crippen LogP contribution in [0.2, 0.25) is 0 Å². The van der Waals surface area contributed by atoms with Crippen molar-refractivity contribution in [3.05, 3.63) is 53.1 Å². The van der Waals surface area contributed by atoms with Crippen molar-refractivity contribution in [1.82, 2.24) is 0 Å². The molecule has 1 aliphatic heterocycles. The number of benzene rings is 2. The maximum atomic E-state index is 11.4. The van der Waals surface area contributed by atoms with E-state index in [2.05, 4.69) is 41.8 Å². The number of carbonyl (C=O) groups excluding carboxylic acids is 1. The van der Waals surface area contributed by atoms with E-state index in [9.17, 15) is 4.79 Å². The third kappa shape index (κ3) is 2.99. The lowest BCUT2D eigenvalue weighted by Gasteiger charge is -2.11. The molecule has 2 aromatic rings. The van der Waals surface area contributed by atoms with Crippen molar-refractivity contribution < 1.29 is 4.79 Å². The molecular weight excluding hydrogens is 262 g/mol. The van der Waals surface area contributed by atoms with E-state index in [1.165, 1.54) is 11.1 Å².